The van der Waals surface area contributed by atoms with Crippen molar-refractivity contribution in [2.75, 3.05) is 4.90 Å². The van der Waals surface area contributed by atoms with Crippen LogP contribution in [0.4, 0.5) is 32.0 Å². The number of halogens is 6. The molecular weight excluding hydrogens is 340 g/mol. The molecule has 24 heavy (non-hydrogen) atoms. The minimum absolute atomic E-state index is 0.0957. The Labute approximate surface area is 131 Å². The quantitative estimate of drug-likeness (QED) is 0.658. The largest absolute Gasteiger partial charge is 0.433 e. The highest BCUT2D eigenvalue weighted by Crippen LogP contribution is 2.34. The normalized spacial score (nSPS) is 17.2. The fourth-order valence-corrected chi connectivity index (χ4v) is 1.98. The molecule has 0 unspecified atom stereocenters. The number of primary amides is 1. The zero-order valence-corrected chi connectivity index (χ0v) is 11.7. The number of nitrogens with zero attached hydrogens (tertiary/aromatic N) is 2. The molecule has 2 heterocycles. The van der Waals surface area contributed by atoms with Crippen molar-refractivity contribution in [1.82, 2.24) is 4.98 Å². The number of hydrogen-bond acceptors (Lipinski definition) is 3. The van der Waals surface area contributed by atoms with Gasteiger partial charge in [0.15, 0.2) is 0 Å². The molecule has 0 atom stereocenters. The maximum absolute atomic E-state index is 13.1. The van der Waals surface area contributed by atoms with Crippen LogP contribution in [0.5, 0.6) is 0 Å². The molecule has 1 aliphatic heterocycles. The molecule has 0 bridgehead atoms. The van der Waals surface area contributed by atoms with Crippen LogP contribution in [0, 0.1) is 0 Å². The SMILES string of the molecule is NC(=O)C(=C1C=CC=CN1c1ccc(C(F)(F)F)nc1)C(F)(F)F. The van der Waals surface area contributed by atoms with Gasteiger partial charge in [0, 0.05) is 6.20 Å². The number of anilines is 1. The van der Waals surface area contributed by atoms with Gasteiger partial charge in [-0.3, -0.25) is 4.79 Å². The predicted octanol–water partition coefficient (Wildman–Crippen LogP) is 3.29. The van der Waals surface area contributed by atoms with Crippen molar-refractivity contribution in [3.63, 3.8) is 0 Å². The molecule has 0 saturated heterocycles. The fraction of sp³-hybridized carbons (Fsp3) is 0.143. The van der Waals surface area contributed by atoms with Gasteiger partial charge in [-0.2, -0.15) is 26.3 Å². The number of aromatic nitrogens is 1. The number of amides is 1. The van der Waals surface area contributed by atoms with E-state index in [2.05, 4.69) is 4.98 Å². The smallest absolute Gasteiger partial charge is 0.366 e. The monoisotopic (exact) mass is 349 g/mol. The molecule has 2 rings (SSSR count). The molecule has 1 aliphatic rings. The van der Waals surface area contributed by atoms with Crippen molar-refractivity contribution in [2.45, 2.75) is 12.4 Å². The molecule has 4 nitrogen and oxygen atoms in total. The van der Waals surface area contributed by atoms with Gasteiger partial charge in [-0.25, -0.2) is 4.98 Å². The Balaban J connectivity index is 2.53. The molecule has 1 aromatic heterocycles. The number of rotatable bonds is 2. The first kappa shape index (κ1) is 17.6. The second-order valence-electron chi connectivity index (χ2n) is 4.59. The number of hydrogen-bond donors (Lipinski definition) is 1. The van der Waals surface area contributed by atoms with E-state index in [9.17, 15) is 31.1 Å². The van der Waals surface area contributed by atoms with Gasteiger partial charge < -0.3 is 10.6 Å². The molecule has 0 spiro atoms. The molecule has 0 fully saturated rings. The molecule has 1 aromatic rings. The standard InChI is InChI=1S/C14H9F6N3O/c15-13(16,17)10-5-4-8(7-22-10)23-6-2-1-3-9(23)11(12(21)24)14(18,19)20/h1-7H,(H2,21,24). The van der Waals surface area contributed by atoms with E-state index in [0.29, 0.717) is 6.07 Å². The molecular formula is C14H9F6N3O. The van der Waals surface area contributed by atoms with Crippen LogP contribution < -0.4 is 10.6 Å². The first-order valence-corrected chi connectivity index (χ1v) is 6.30. The zero-order valence-electron chi connectivity index (χ0n) is 11.7. The maximum Gasteiger partial charge on any atom is 0.433 e. The van der Waals surface area contributed by atoms with Crippen LogP contribution in [0.25, 0.3) is 0 Å². The van der Waals surface area contributed by atoms with E-state index in [-0.39, 0.29) is 5.69 Å². The first-order valence-electron chi connectivity index (χ1n) is 6.30. The molecule has 1 amide bonds. The molecule has 0 saturated carbocycles. The van der Waals surface area contributed by atoms with Crippen LogP contribution in [0.15, 0.2) is 54.0 Å². The first-order chi connectivity index (χ1) is 11.0. The average molecular weight is 349 g/mol. The summed E-state index contributed by atoms with van der Waals surface area (Å²) in [5, 5.41) is 0. The molecule has 0 aromatic carbocycles. The number of nitrogens with two attached hydrogens (primary N) is 1. The Bertz CT molecular complexity index is 728. The minimum atomic E-state index is -5.03. The summed E-state index contributed by atoms with van der Waals surface area (Å²) in [5.41, 5.74) is 1.28. The van der Waals surface area contributed by atoms with Gasteiger partial charge in [0.1, 0.15) is 11.3 Å². The minimum Gasteiger partial charge on any atom is -0.366 e. The lowest BCUT2D eigenvalue weighted by molar-refractivity contribution is -0.141. The fourth-order valence-electron chi connectivity index (χ4n) is 1.98. The Kier molecular flexibility index (Phi) is 4.41. The van der Waals surface area contributed by atoms with Gasteiger partial charge in [-0.05, 0) is 24.3 Å². The zero-order chi connectivity index (χ0) is 18.1. The summed E-state index contributed by atoms with van der Waals surface area (Å²) < 4.78 is 76.7. The third kappa shape index (κ3) is 3.58. The van der Waals surface area contributed by atoms with E-state index in [0.717, 1.165) is 29.4 Å². The van der Waals surface area contributed by atoms with Gasteiger partial charge in [-0.1, -0.05) is 6.08 Å². The number of pyridine rings is 1. The second-order valence-corrected chi connectivity index (χ2v) is 4.59. The predicted molar refractivity (Wildman–Crippen MR) is 72.3 cm³/mol. The van der Waals surface area contributed by atoms with E-state index >= 15 is 0 Å². The lowest BCUT2D eigenvalue weighted by Crippen LogP contribution is -2.32. The molecule has 2 N–H and O–H groups in total. The molecule has 0 radical (unpaired) electrons. The van der Waals surface area contributed by atoms with Crippen LogP contribution in [0.2, 0.25) is 0 Å². The van der Waals surface area contributed by atoms with E-state index in [4.69, 9.17) is 5.73 Å². The highest BCUT2D eigenvalue weighted by atomic mass is 19.4. The average Bonchev–Trinajstić information content (AvgIpc) is 2.45. The Hall–Kier alpha value is -2.78. The Morgan fingerprint density at radius 1 is 1.08 bits per heavy atom. The van der Waals surface area contributed by atoms with E-state index in [1.807, 2.05) is 0 Å². The van der Waals surface area contributed by atoms with Gasteiger partial charge in [0.25, 0.3) is 5.91 Å². The van der Waals surface area contributed by atoms with Crippen LogP contribution in [-0.2, 0) is 11.0 Å². The Morgan fingerprint density at radius 3 is 2.21 bits per heavy atom. The number of carbonyl (C=O) groups excluding carboxylic acids is 1. The van der Waals surface area contributed by atoms with Crippen molar-refractivity contribution in [1.29, 1.82) is 0 Å². The number of carbonyl (C=O) groups is 1. The number of allylic oxidation sites excluding steroid dienone is 3. The van der Waals surface area contributed by atoms with E-state index < -0.39 is 35.2 Å². The lowest BCUT2D eigenvalue weighted by atomic mass is 10.1. The van der Waals surface area contributed by atoms with Crippen molar-refractivity contribution in [2.24, 2.45) is 5.73 Å². The lowest BCUT2D eigenvalue weighted by Gasteiger charge is -2.26. The topological polar surface area (TPSA) is 59.2 Å². The maximum atomic E-state index is 13.1. The van der Waals surface area contributed by atoms with E-state index in [1.165, 1.54) is 12.2 Å². The summed E-state index contributed by atoms with van der Waals surface area (Å²) in [7, 11) is 0. The molecule has 0 aliphatic carbocycles. The summed E-state index contributed by atoms with van der Waals surface area (Å²) in [6.45, 7) is 0. The summed E-state index contributed by atoms with van der Waals surface area (Å²) in [6.07, 6.45) is -4.26. The number of alkyl halides is 6. The van der Waals surface area contributed by atoms with Gasteiger partial charge in [0.2, 0.25) is 0 Å². The Morgan fingerprint density at radius 2 is 1.75 bits per heavy atom. The van der Waals surface area contributed by atoms with Gasteiger partial charge in [0.05, 0.1) is 17.6 Å². The van der Waals surface area contributed by atoms with Gasteiger partial charge in [-0.15, -0.1) is 0 Å². The van der Waals surface area contributed by atoms with Crippen LogP contribution in [0.3, 0.4) is 0 Å². The summed E-state index contributed by atoms with van der Waals surface area (Å²) in [5.74, 6) is -1.71. The van der Waals surface area contributed by atoms with Crippen molar-refractivity contribution in [3.8, 4) is 0 Å². The second kappa shape index (κ2) is 6.02. The molecule has 128 valence electrons. The third-order valence-electron chi connectivity index (χ3n) is 2.96. The van der Waals surface area contributed by atoms with Crippen LogP contribution >= 0.6 is 0 Å². The van der Waals surface area contributed by atoms with Crippen molar-refractivity contribution in [3.05, 3.63) is 59.7 Å². The van der Waals surface area contributed by atoms with Crippen molar-refractivity contribution < 1.29 is 31.1 Å². The van der Waals surface area contributed by atoms with Crippen LogP contribution in [0.1, 0.15) is 5.69 Å². The van der Waals surface area contributed by atoms with Crippen LogP contribution in [-0.4, -0.2) is 17.1 Å². The summed E-state index contributed by atoms with van der Waals surface area (Å²) in [4.78, 5) is 15.3. The van der Waals surface area contributed by atoms with Gasteiger partial charge >= 0.3 is 12.4 Å². The van der Waals surface area contributed by atoms with E-state index in [1.54, 1.807) is 0 Å². The third-order valence-corrected chi connectivity index (χ3v) is 2.96. The molecule has 10 heteroatoms. The highest BCUT2D eigenvalue weighted by Gasteiger charge is 2.41. The summed E-state index contributed by atoms with van der Waals surface area (Å²) >= 11 is 0. The van der Waals surface area contributed by atoms with Crippen molar-refractivity contribution >= 4 is 11.6 Å². The highest BCUT2D eigenvalue weighted by molar-refractivity contribution is 5.95. The summed E-state index contributed by atoms with van der Waals surface area (Å²) in [6, 6.07) is 1.56.